The molecule has 2 aliphatic rings. The molecular formula is C19H23N5O2. The molecule has 4 rings (SSSR count). The maximum Gasteiger partial charge on any atom is 0.271 e. The Morgan fingerprint density at radius 1 is 1.31 bits per heavy atom. The lowest BCUT2D eigenvalue weighted by atomic mass is 10.1. The van der Waals surface area contributed by atoms with Gasteiger partial charge in [0.15, 0.2) is 0 Å². The summed E-state index contributed by atoms with van der Waals surface area (Å²) in [5.74, 6) is 1.45. The molecule has 1 aliphatic heterocycles. The van der Waals surface area contributed by atoms with Crippen LogP contribution >= 0.6 is 0 Å². The second-order valence-electron chi connectivity index (χ2n) is 7.25. The van der Waals surface area contributed by atoms with Gasteiger partial charge in [-0.3, -0.25) is 14.6 Å². The molecule has 2 aromatic heterocycles. The molecule has 1 aliphatic carbocycles. The van der Waals surface area contributed by atoms with E-state index in [2.05, 4.69) is 22.2 Å². The number of pyridine rings is 1. The Bertz CT molecular complexity index is 832. The third kappa shape index (κ3) is 3.09. The second kappa shape index (κ2) is 6.55. The van der Waals surface area contributed by atoms with Crippen LogP contribution in [0.3, 0.4) is 0 Å². The van der Waals surface area contributed by atoms with Crippen molar-refractivity contribution in [3.8, 4) is 0 Å². The van der Waals surface area contributed by atoms with E-state index < -0.39 is 0 Å². The zero-order valence-electron chi connectivity index (χ0n) is 15.1. The lowest BCUT2D eigenvalue weighted by Gasteiger charge is -2.34. The first kappa shape index (κ1) is 16.8. The van der Waals surface area contributed by atoms with Gasteiger partial charge in [-0.2, -0.15) is 0 Å². The van der Waals surface area contributed by atoms with Crippen LogP contribution in [0.4, 0.5) is 0 Å². The van der Waals surface area contributed by atoms with E-state index in [1.54, 1.807) is 18.6 Å². The molecule has 3 atom stereocenters. The fourth-order valence-electron chi connectivity index (χ4n) is 3.56. The maximum atomic E-state index is 12.6. The van der Waals surface area contributed by atoms with Gasteiger partial charge < -0.3 is 14.8 Å². The zero-order chi connectivity index (χ0) is 18.3. The Hall–Kier alpha value is -2.70. The second-order valence-corrected chi connectivity index (χ2v) is 7.25. The molecular weight excluding hydrogens is 330 g/mol. The smallest absolute Gasteiger partial charge is 0.271 e. The van der Waals surface area contributed by atoms with Gasteiger partial charge >= 0.3 is 0 Å². The van der Waals surface area contributed by atoms with Gasteiger partial charge in [0.1, 0.15) is 11.5 Å². The molecule has 0 bridgehead atoms. The molecule has 0 radical (unpaired) electrons. The van der Waals surface area contributed by atoms with Crippen molar-refractivity contribution >= 4 is 11.8 Å². The van der Waals surface area contributed by atoms with Crippen LogP contribution < -0.4 is 5.32 Å². The van der Waals surface area contributed by atoms with Gasteiger partial charge in [-0.1, -0.05) is 13.0 Å². The number of hydrogen-bond acceptors (Lipinski definition) is 4. The van der Waals surface area contributed by atoms with Gasteiger partial charge in [-0.05, 0) is 30.9 Å². The summed E-state index contributed by atoms with van der Waals surface area (Å²) in [5, 5.41) is 2.87. The topological polar surface area (TPSA) is 80.1 Å². The van der Waals surface area contributed by atoms with Crippen LogP contribution in [0.2, 0.25) is 0 Å². The minimum absolute atomic E-state index is 0.107. The van der Waals surface area contributed by atoms with Gasteiger partial charge in [0.2, 0.25) is 5.91 Å². The number of aromatic nitrogens is 3. The van der Waals surface area contributed by atoms with Gasteiger partial charge in [-0.15, -0.1) is 0 Å². The Balaban J connectivity index is 1.45. The van der Waals surface area contributed by atoms with E-state index in [1.165, 1.54) is 0 Å². The molecule has 3 heterocycles. The molecule has 136 valence electrons. The van der Waals surface area contributed by atoms with E-state index in [1.807, 2.05) is 28.5 Å². The first-order chi connectivity index (χ1) is 12.5. The van der Waals surface area contributed by atoms with Crippen molar-refractivity contribution in [2.45, 2.75) is 39.4 Å². The van der Waals surface area contributed by atoms with Crippen molar-refractivity contribution < 1.29 is 9.59 Å². The van der Waals surface area contributed by atoms with Crippen LogP contribution in [0.1, 0.15) is 48.2 Å². The van der Waals surface area contributed by atoms with Crippen LogP contribution in [-0.2, 0) is 17.9 Å². The number of nitrogens with zero attached hydrogens (tertiary/aromatic N) is 4. The van der Waals surface area contributed by atoms with Gasteiger partial charge in [0.05, 0.1) is 6.04 Å². The maximum absolute atomic E-state index is 12.6. The van der Waals surface area contributed by atoms with Crippen molar-refractivity contribution in [2.75, 3.05) is 6.54 Å². The fraction of sp³-hybridized carbons (Fsp3) is 0.474. The third-order valence-corrected chi connectivity index (χ3v) is 5.35. The van der Waals surface area contributed by atoms with E-state index in [0.717, 1.165) is 17.8 Å². The molecule has 0 saturated heterocycles. The summed E-state index contributed by atoms with van der Waals surface area (Å²) in [5.41, 5.74) is 1.33. The van der Waals surface area contributed by atoms with Gasteiger partial charge in [0, 0.05) is 44.1 Å². The third-order valence-electron chi connectivity index (χ3n) is 5.35. The summed E-state index contributed by atoms with van der Waals surface area (Å²) in [6.45, 7) is 5.86. The van der Waals surface area contributed by atoms with Crippen LogP contribution in [0, 0.1) is 11.8 Å². The minimum atomic E-state index is -0.211. The number of rotatable bonds is 4. The van der Waals surface area contributed by atoms with Crippen LogP contribution in [0.5, 0.6) is 0 Å². The highest BCUT2D eigenvalue weighted by Gasteiger charge is 2.44. The van der Waals surface area contributed by atoms with Crippen molar-refractivity contribution in [1.82, 2.24) is 24.8 Å². The van der Waals surface area contributed by atoms with Crippen molar-refractivity contribution in [3.63, 3.8) is 0 Å². The standard InChI is InChI=1S/C19H23N5O2/c1-12-8-15(12)19(26)24-7-6-23-11-16(22-17(23)13(24)2)18(25)21-10-14-4-3-5-20-9-14/h3-5,9,11-13,15H,6-8,10H2,1-2H3,(H,21,25)/t12-,13-,15-/m1/s1. The predicted octanol–water partition coefficient (Wildman–Crippen LogP) is 1.77. The molecule has 1 fully saturated rings. The molecule has 26 heavy (non-hydrogen) atoms. The Kier molecular flexibility index (Phi) is 4.22. The summed E-state index contributed by atoms with van der Waals surface area (Å²) < 4.78 is 1.99. The van der Waals surface area contributed by atoms with E-state index in [4.69, 9.17) is 0 Å². The SMILES string of the molecule is C[C@@H]1C[C@H]1C(=O)N1CCn2cc(C(=O)NCc3cccnc3)nc2[C@H]1C. The molecule has 2 aromatic rings. The summed E-state index contributed by atoms with van der Waals surface area (Å²) in [7, 11) is 0. The average Bonchev–Trinajstić information content (AvgIpc) is 3.21. The number of nitrogens with one attached hydrogen (secondary N) is 1. The fourth-order valence-corrected chi connectivity index (χ4v) is 3.56. The predicted molar refractivity (Wildman–Crippen MR) is 95.0 cm³/mol. The van der Waals surface area contributed by atoms with Crippen molar-refractivity contribution in [1.29, 1.82) is 0 Å². The lowest BCUT2D eigenvalue weighted by Crippen LogP contribution is -2.42. The average molecular weight is 353 g/mol. The summed E-state index contributed by atoms with van der Waals surface area (Å²) in [4.78, 5) is 35.5. The van der Waals surface area contributed by atoms with Gasteiger partial charge in [0.25, 0.3) is 5.91 Å². The van der Waals surface area contributed by atoms with Crippen molar-refractivity contribution in [2.24, 2.45) is 11.8 Å². The molecule has 2 amide bonds. The van der Waals surface area contributed by atoms with Crippen LogP contribution in [-0.4, -0.2) is 37.8 Å². The summed E-state index contributed by atoms with van der Waals surface area (Å²) >= 11 is 0. The van der Waals surface area contributed by atoms with E-state index in [-0.39, 0.29) is 23.8 Å². The number of imidazole rings is 1. The molecule has 0 unspecified atom stereocenters. The molecule has 1 N–H and O–H groups in total. The zero-order valence-corrected chi connectivity index (χ0v) is 15.1. The number of carbonyl (C=O) groups excluding carboxylic acids is 2. The molecule has 0 spiro atoms. The Morgan fingerprint density at radius 3 is 2.81 bits per heavy atom. The quantitative estimate of drug-likeness (QED) is 0.908. The highest BCUT2D eigenvalue weighted by atomic mass is 16.2. The first-order valence-corrected chi connectivity index (χ1v) is 9.09. The first-order valence-electron chi connectivity index (χ1n) is 9.09. The largest absolute Gasteiger partial charge is 0.347 e. The minimum Gasteiger partial charge on any atom is -0.347 e. The highest BCUT2D eigenvalue weighted by molar-refractivity contribution is 5.92. The summed E-state index contributed by atoms with van der Waals surface area (Å²) in [6.07, 6.45) is 6.19. The van der Waals surface area contributed by atoms with E-state index in [0.29, 0.717) is 31.2 Å². The Morgan fingerprint density at radius 2 is 2.12 bits per heavy atom. The molecule has 1 saturated carbocycles. The van der Waals surface area contributed by atoms with Crippen LogP contribution in [0.25, 0.3) is 0 Å². The van der Waals surface area contributed by atoms with Gasteiger partial charge in [-0.25, -0.2) is 4.98 Å². The number of fused-ring (bicyclic) bond motifs is 1. The monoisotopic (exact) mass is 353 g/mol. The number of amides is 2. The normalized spacial score (nSPS) is 24.1. The van der Waals surface area contributed by atoms with E-state index in [9.17, 15) is 9.59 Å². The molecule has 0 aromatic carbocycles. The number of hydrogen-bond donors (Lipinski definition) is 1. The molecule has 7 heteroatoms. The van der Waals surface area contributed by atoms with Crippen LogP contribution in [0.15, 0.2) is 30.7 Å². The van der Waals surface area contributed by atoms with Crippen molar-refractivity contribution in [3.05, 3.63) is 47.8 Å². The highest BCUT2D eigenvalue weighted by Crippen LogP contribution is 2.41. The summed E-state index contributed by atoms with van der Waals surface area (Å²) in [6, 6.07) is 3.64. The Labute approximate surface area is 152 Å². The van der Waals surface area contributed by atoms with E-state index >= 15 is 0 Å². The lowest BCUT2D eigenvalue weighted by molar-refractivity contribution is -0.136. The molecule has 7 nitrogen and oxygen atoms in total. The number of carbonyl (C=O) groups is 2.